The summed E-state index contributed by atoms with van der Waals surface area (Å²) in [6, 6.07) is 1.47. The minimum atomic E-state index is -4.55. The highest BCUT2D eigenvalue weighted by Crippen LogP contribution is 2.36. The quantitative estimate of drug-likeness (QED) is 0.572. The molecule has 88 valence electrons. The van der Waals surface area contributed by atoms with Crippen molar-refractivity contribution in [1.82, 2.24) is 0 Å². The van der Waals surface area contributed by atoms with Crippen LogP contribution in [0, 0.1) is 0 Å². The average molecular weight is 336 g/mol. The van der Waals surface area contributed by atoms with E-state index in [4.69, 9.17) is 23.2 Å². The second kappa shape index (κ2) is 4.94. The molecule has 0 aromatic heterocycles. The van der Waals surface area contributed by atoms with Crippen LogP contribution in [-0.4, -0.2) is 11.7 Å². The van der Waals surface area contributed by atoms with Crippen LogP contribution < -0.4 is 0 Å². The van der Waals surface area contributed by atoms with Crippen molar-refractivity contribution >= 4 is 44.9 Å². The van der Waals surface area contributed by atoms with Gasteiger partial charge in [0.2, 0.25) is 0 Å². The van der Waals surface area contributed by atoms with Crippen molar-refractivity contribution in [3.8, 4) is 0 Å². The third kappa shape index (κ3) is 2.90. The van der Waals surface area contributed by atoms with Gasteiger partial charge in [-0.05, 0) is 28.1 Å². The van der Waals surface area contributed by atoms with E-state index in [-0.39, 0.29) is 15.1 Å². The predicted molar refractivity (Wildman–Crippen MR) is 59.2 cm³/mol. The standard InChI is InChI=1S/C9H4BrCl2F3O/c10-8-5(7(16)3-11)1-4(2-6(8)12)9(13,14)15/h1-2H,3H2. The van der Waals surface area contributed by atoms with Crippen LogP contribution in [0.25, 0.3) is 0 Å². The van der Waals surface area contributed by atoms with Crippen LogP contribution in [0.15, 0.2) is 16.6 Å². The molecule has 0 atom stereocenters. The fraction of sp³-hybridized carbons (Fsp3) is 0.222. The zero-order valence-electron chi connectivity index (χ0n) is 7.54. The maximum Gasteiger partial charge on any atom is 0.416 e. The number of carbonyl (C=O) groups excluding carboxylic acids is 1. The Labute approximate surface area is 108 Å². The van der Waals surface area contributed by atoms with E-state index in [0.717, 1.165) is 12.1 Å². The molecule has 0 unspecified atom stereocenters. The van der Waals surface area contributed by atoms with Crippen molar-refractivity contribution in [1.29, 1.82) is 0 Å². The van der Waals surface area contributed by atoms with Crippen molar-refractivity contribution in [2.45, 2.75) is 6.18 Å². The molecule has 0 saturated carbocycles. The summed E-state index contributed by atoms with van der Waals surface area (Å²) < 4.78 is 37.4. The van der Waals surface area contributed by atoms with E-state index in [1.807, 2.05) is 0 Å². The third-order valence-corrected chi connectivity index (χ3v) is 3.40. The van der Waals surface area contributed by atoms with Crippen molar-refractivity contribution in [3.63, 3.8) is 0 Å². The van der Waals surface area contributed by atoms with Gasteiger partial charge in [-0.2, -0.15) is 13.2 Å². The molecule has 0 saturated heterocycles. The van der Waals surface area contributed by atoms with Crippen LogP contribution in [0.5, 0.6) is 0 Å². The van der Waals surface area contributed by atoms with Crippen LogP contribution in [0.4, 0.5) is 13.2 Å². The topological polar surface area (TPSA) is 17.1 Å². The summed E-state index contributed by atoms with van der Waals surface area (Å²) in [6.07, 6.45) is -4.55. The SMILES string of the molecule is O=C(CCl)c1cc(C(F)(F)F)cc(Cl)c1Br. The zero-order valence-corrected chi connectivity index (χ0v) is 10.6. The van der Waals surface area contributed by atoms with Gasteiger partial charge in [-0.3, -0.25) is 4.79 Å². The molecule has 7 heteroatoms. The van der Waals surface area contributed by atoms with Crippen LogP contribution in [0.1, 0.15) is 15.9 Å². The van der Waals surface area contributed by atoms with Gasteiger partial charge >= 0.3 is 6.18 Å². The summed E-state index contributed by atoms with van der Waals surface area (Å²) in [5, 5.41) is -0.178. The molecule has 0 fully saturated rings. The highest BCUT2D eigenvalue weighted by molar-refractivity contribution is 9.10. The molecule has 1 rings (SSSR count). The number of ketones is 1. The van der Waals surface area contributed by atoms with Gasteiger partial charge < -0.3 is 0 Å². The Bertz CT molecular complexity index is 431. The monoisotopic (exact) mass is 334 g/mol. The van der Waals surface area contributed by atoms with E-state index in [0.29, 0.717) is 0 Å². The normalized spacial score (nSPS) is 11.6. The molecule has 0 bridgehead atoms. The van der Waals surface area contributed by atoms with Crippen molar-refractivity contribution in [3.05, 3.63) is 32.8 Å². The number of carbonyl (C=O) groups is 1. The zero-order chi connectivity index (χ0) is 12.5. The molecule has 1 aromatic carbocycles. The predicted octanol–water partition coefficient (Wildman–Crippen LogP) is 4.54. The number of halogens is 6. The molecular formula is C9H4BrCl2F3O. The second-order valence-corrected chi connectivity index (χ2v) is 4.34. The van der Waals surface area contributed by atoms with E-state index in [1.54, 1.807) is 0 Å². The van der Waals surface area contributed by atoms with Gasteiger partial charge in [-0.1, -0.05) is 11.6 Å². The molecule has 0 aliphatic rings. The Morgan fingerprint density at radius 1 is 1.38 bits per heavy atom. The van der Waals surface area contributed by atoms with Crippen molar-refractivity contribution in [2.24, 2.45) is 0 Å². The molecule has 0 N–H and O–H groups in total. The maximum atomic E-state index is 12.4. The summed E-state index contributed by atoms with van der Waals surface area (Å²) in [7, 11) is 0. The van der Waals surface area contributed by atoms with Crippen LogP contribution in [0.3, 0.4) is 0 Å². The number of alkyl halides is 4. The molecule has 0 aliphatic carbocycles. The maximum absolute atomic E-state index is 12.4. The van der Waals surface area contributed by atoms with Gasteiger partial charge in [-0.15, -0.1) is 11.6 Å². The molecule has 0 amide bonds. The Hall–Kier alpha value is -0.260. The van der Waals surface area contributed by atoms with E-state index in [1.165, 1.54) is 0 Å². The number of hydrogen-bond donors (Lipinski definition) is 0. The highest BCUT2D eigenvalue weighted by atomic mass is 79.9. The third-order valence-electron chi connectivity index (χ3n) is 1.78. The molecule has 0 heterocycles. The first-order valence-corrected chi connectivity index (χ1v) is 5.63. The van der Waals surface area contributed by atoms with Gasteiger partial charge in [0.1, 0.15) is 0 Å². The Kier molecular flexibility index (Phi) is 4.26. The molecule has 1 aromatic rings. The van der Waals surface area contributed by atoms with Gasteiger partial charge in [0.15, 0.2) is 5.78 Å². The first-order chi connectivity index (χ1) is 7.27. The summed E-state index contributed by atoms with van der Waals surface area (Å²) in [6.45, 7) is 0. The van der Waals surface area contributed by atoms with Gasteiger partial charge in [0.25, 0.3) is 0 Å². The lowest BCUT2D eigenvalue weighted by atomic mass is 10.1. The number of benzene rings is 1. The number of rotatable bonds is 2. The number of Topliss-reactive ketones (excluding diaryl/α,β-unsaturated/α-hetero) is 1. The first kappa shape index (κ1) is 13.8. The molecule has 0 aliphatic heterocycles. The smallest absolute Gasteiger partial charge is 0.293 e. The molecule has 0 spiro atoms. The van der Waals surface area contributed by atoms with Crippen molar-refractivity contribution in [2.75, 3.05) is 5.88 Å². The van der Waals surface area contributed by atoms with Gasteiger partial charge in [-0.25, -0.2) is 0 Å². The lowest BCUT2D eigenvalue weighted by molar-refractivity contribution is -0.137. The van der Waals surface area contributed by atoms with Gasteiger partial charge in [0, 0.05) is 10.0 Å². The number of hydrogen-bond acceptors (Lipinski definition) is 1. The lowest BCUT2D eigenvalue weighted by Gasteiger charge is -2.10. The minimum absolute atomic E-state index is 0.118. The van der Waals surface area contributed by atoms with Crippen molar-refractivity contribution < 1.29 is 18.0 Å². The second-order valence-electron chi connectivity index (χ2n) is 2.87. The summed E-state index contributed by atoms with van der Waals surface area (Å²) in [5.74, 6) is -1.03. The average Bonchev–Trinajstić information content (AvgIpc) is 2.19. The molecular weight excluding hydrogens is 332 g/mol. The fourth-order valence-electron chi connectivity index (χ4n) is 1.03. The molecule has 16 heavy (non-hydrogen) atoms. The molecule has 0 radical (unpaired) electrons. The van der Waals surface area contributed by atoms with E-state index in [2.05, 4.69) is 15.9 Å². The highest BCUT2D eigenvalue weighted by Gasteiger charge is 2.32. The lowest BCUT2D eigenvalue weighted by Crippen LogP contribution is -2.09. The Morgan fingerprint density at radius 3 is 2.38 bits per heavy atom. The van der Waals surface area contributed by atoms with Gasteiger partial charge in [0.05, 0.1) is 16.5 Å². The summed E-state index contributed by atoms with van der Waals surface area (Å²) >= 11 is 13.8. The summed E-state index contributed by atoms with van der Waals surface area (Å²) in [4.78, 5) is 11.3. The fourth-order valence-corrected chi connectivity index (χ4v) is 1.84. The van der Waals surface area contributed by atoms with Crippen LogP contribution >= 0.6 is 39.1 Å². The van der Waals surface area contributed by atoms with E-state index >= 15 is 0 Å². The van der Waals surface area contributed by atoms with E-state index < -0.39 is 23.4 Å². The summed E-state index contributed by atoms with van der Waals surface area (Å²) in [5.41, 5.74) is -1.15. The Morgan fingerprint density at radius 2 is 1.94 bits per heavy atom. The van der Waals surface area contributed by atoms with Crippen LogP contribution in [-0.2, 0) is 6.18 Å². The Balaban J connectivity index is 3.39. The molecule has 1 nitrogen and oxygen atoms in total. The van der Waals surface area contributed by atoms with E-state index in [9.17, 15) is 18.0 Å². The first-order valence-electron chi connectivity index (χ1n) is 3.92. The van der Waals surface area contributed by atoms with Crippen LogP contribution in [0.2, 0.25) is 5.02 Å². The largest absolute Gasteiger partial charge is 0.416 e. The minimum Gasteiger partial charge on any atom is -0.293 e.